The van der Waals surface area contributed by atoms with Crippen molar-refractivity contribution in [3.63, 3.8) is 0 Å². The quantitative estimate of drug-likeness (QED) is 0.825. The summed E-state index contributed by atoms with van der Waals surface area (Å²) in [4.78, 5) is 7.20. The maximum absolute atomic E-state index is 4.87. The standard InChI is InChI=1S/C21H31N7/c1-5-19-17-11-15(6-7-18(17)26-27(19)4)21-24-20(12-23-25-21)28-9-8-22-16(13-28)10-14(2)3/h6-7,11-12,14,16,19,22,26H,5,8-10,13H2,1-4H3/t16-,19?/m0/s1. The van der Waals surface area contributed by atoms with Crippen LogP contribution < -0.4 is 15.6 Å². The molecule has 0 radical (unpaired) electrons. The van der Waals surface area contributed by atoms with Gasteiger partial charge in [0.25, 0.3) is 0 Å². The molecule has 1 saturated heterocycles. The lowest BCUT2D eigenvalue weighted by Crippen LogP contribution is -2.51. The number of anilines is 2. The second-order valence-corrected chi connectivity index (χ2v) is 8.31. The van der Waals surface area contributed by atoms with E-state index in [9.17, 15) is 0 Å². The summed E-state index contributed by atoms with van der Waals surface area (Å²) < 4.78 is 0. The summed E-state index contributed by atoms with van der Waals surface area (Å²) >= 11 is 0. The van der Waals surface area contributed by atoms with Crippen molar-refractivity contribution < 1.29 is 0 Å². The van der Waals surface area contributed by atoms with Crippen molar-refractivity contribution in [2.75, 3.05) is 37.0 Å². The second-order valence-electron chi connectivity index (χ2n) is 8.31. The van der Waals surface area contributed by atoms with Crippen molar-refractivity contribution >= 4 is 11.5 Å². The predicted octanol–water partition coefficient (Wildman–Crippen LogP) is 3.09. The van der Waals surface area contributed by atoms with E-state index in [1.165, 1.54) is 17.7 Å². The van der Waals surface area contributed by atoms with Gasteiger partial charge in [-0.15, -0.1) is 5.10 Å². The molecule has 150 valence electrons. The van der Waals surface area contributed by atoms with Crippen LogP contribution in [0.15, 0.2) is 24.4 Å². The molecule has 2 aromatic rings. The van der Waals surface area contributed by atoms with Gasteiger partial charge in [0, 0.05) is 38.3 Å². The minimum Gasteiger partial charge on any atom is -0.352 e. The molecule has 28 heavy (non-hydrogen) atoms. The fourth-order valence-electron chi connectivity index (χ4n) is 4.38. The predicted molar refractivity (Wildman–Crippen MR) is 113 cm³/mol. The zero-order valence-corrected chi connectivity index (χ0v) is 17.3. The molecule has 0 spiro atoms. The van der Waals surface area contributed by atoms with Gasteiger partial charge >= 0.3 is 0 Å². The average Bonchev–Trinajstić information content (AvgIpc) is 3.02. The molecule has 4 rings (SSSR count). The Bertz CT molecular complexity index is 822. The number of hydrogen-bond donors (Lipinski definition) is 2. The molecule has 1 unspecified atom stereocenters. The number of fused-ring (bicyclic) bond motifs is 1. The lowest BCUT2D eigenvalue weighted by Gasteiger charge is -2.35. The number of benzene rings is 1. The Morgan fingerprint density at radius 2 is 2.14 bits per heavy atom. The van der Waals surface area contributed by atoms with Crippen LogP contribution in [0.25, 0.3) is 11.4 Å². The van der Waals surface area contributed by atoms with Gasteiger partial charge in [0.05, 0.1) is 17.9 Å². The van der Waals surface area contributed by atoms with Gasteiger partial charge in [-0.2, -0.15) is 5.10 Å². The van der Waals surface area contributed by atoms with E-state index in [2.05, 4.69) is 76.9 Å². The summed E-state index contributed by atoms with van der Waals surface area (Å²) in [6, 6.07) is 7.28. The SMILES string of the molecule is CCC1c2cc(-c3nncc(N4CCN[C@@H](CC(C)C)C4)n3)ccc2NN1C. The molecule has 1 aromatic heterocycles. The highest BCUT2D eigenvalue weighted by atomic mass is 15.5. The summed E-state index contributed by atoms with van der Waals surface area (Å²) in [5.74, 6) is 2.30. The third-order valence-corrected chi connectivity index (χ3v) is 5.70. The number of piperazine rings is 1. The Hall–Kier alpha value is -2.25. The van der Waals surface area contributed by atoms with Crippen LogP contribution >= 0.6 is 0 Å². The Balaban J connectivity index is 1.57. The van der Waals surface area contributed by atoms with E-state index in [1.807, 2.05) is 0 Å². The molecule has 0 amide bonds. The number of hydrazine groups is 1. The van der Waals surface area contributed by atoms with Crippen LogP contribution in [0.4, 0.5) is 11.5 Å². The minimum absolute atomic E-state index is 0.371. The smallest absolute Gasteiger partial charge is 0.183 e. The molecule has 2 aliphatic heterocycles. The Labute approximate surface area is 167 Å². The third-order valence-electron chi connectivity index (χ3n) is 5.70. The molecule has 2 N–H and O–H groups in total. The molecule has 0 aliphatic carbocycles. The van der Waals surface area contributed by atoms with E-state index < -0.39 is 0 Å². The van der Waals surface area contributed by atoms with Crippen LogP contribution in [-0.2, 0) is 0 Å². The summed E-state index contributed by atoms with van der Waals surface area (Å²) in [5.41, 5.74) is 6.92. The summed E-state index contributed by atoms with van der Waals surface area (Å²) in [6.07, 6.45) is 4.02. The fraction of sp³-hybridized carbons (Fsp3) is 0.571. The van der Waals surface area contributed by atoms with Gasteiger partial charge < -0.3 is 15.6 Å². The van der Waals surface area contributed by atoms with E-state index in [0.717, 1.165) is 37.4 Å². The first-order valence-corrected chi connectivity index (χ1v) is 10.4. The Morgan fingerprint density at radius 1 is 1.29 bits per heavy atom. The van der Waals surface area contributed by atoms with Crippen LogP contribution in [0, 0.1) is 5.92 Å². The number of rotatable bonds is 5. The van der Waals surface area contributed by atoms with Crippen LogP contribution in [-0.4, -0.2) is 52.9 Å². The maximum Gasteiger partial charge on any atom is 0.183 e. The van der Waals surface area contributed by atoms with Crippen molar-refractivity contribution in [3.05, 3.63) is 30.0 Å². The molecule has 3 heterocycles. The van der Waals surface area contributed by atoms with Crippen LogP contribution in [0.1, 0.15) is 45.2 Å². The topological polar surface area (TPSA) is 69.2 Å². The largest absolute Gasteiger partial charge is 0.352 e. The molecule has 0 saturated carbocycles. The monoisotopic (exact) mass is 381 g/mol. The molecule has 1 fully saturated rings. The molecule has 2 atom stereocenters. The fourth-order valence-corrected chi connectivity index (χ4v) is 4.38. The van der Waals surface area contributed by atoms with Crippen molar-refractivity contribution in [2.24, 2.45) is 5.92 Å². The molecule has 0 bridgehead atoms. The summed E-state index contributed by atoms with van der Waals surface area (Å²) in [7, 11) is 2.09. The number of aromatic nitrogens is 3. The highest BCUT2D eigenvalue weighted by molar-refractivity contribution is 5.66. The van der Waals surface area contributed by atoms with Crippen LogP contribution in [0.2, 0.25) is 0 Å². The van der Waals surface area contributed by atoms with Gasteiger partial charge in [0.15, 0.2) is 11.6 Å². The first-order chi connectivity index (χ1) is 13.5. The van der Waals surface area contributed by atoms with Gasteiger partial charge in [-0.3, -0.25) is 0 Å². The summed E-state index contributed by atoms with van der Waals surface area (Å²) in [5, 5.41) is 14.4. The molecular formula is C21H31N7. The van der Waals surface area contributed by atoms with Gasteiger partial charge in [-0.25, -0.2) is 9.99 Å². The molecule has 2 aliphatic rings. The highest BCUT2D eigenvalue weighted by Crippen LogP contribution is 2.38. The van der Waals surface area contributed by atoms with Gasteiger partial charge in [0.1, 0.15) is 0 Å². The van der Waals surface area contributed by atoms with Crippen molar-refractivity contribution in [2.45, 2.75) is 45.7 Å². The lowest BCUT2D eigenvalue weighted by molar-refractivity contribution is 0.312. The van der Waals surface area contributed by atoms with Gasteiger partial charge in [-0.05, 0) is 42.5 Å². The molecule has 1 aromatic carbocycles. The normalized spacial score (nSPS) is 22.4. The van der Waals surface area contributed by atoms with E-state index in [-0.39, 0.29) is 0 Å². The van der Waals surface area contributed by atoms with Crippen molar-refractivity contribution in [3.8, 4) is 11.4 Å². The van der Waals surface area contributed by atoms with Crippen LogP contribution in [0.3, 0.4) is 0 Å². The van der Waals surface area contributed by atoms with Crippen LogP contribution in [0.5, 0.6) is 0 Å². The van der Waals surface area contributed by atoms with E-state index in [4.69, 9.17) is 4.98 Å². The van der Waals surface area contributed by atoms with Crippen molar-refractivity contribution in [1.29, 1.82) is 0 Å². The third kappa shape index (κ3) is 3.82. The average molecular weight is 382 g/mol. The number of nitrogens with zero attached hydrogens (tertiary/aromatic N) is 5. The van der Waals surface area contributed by atoms with E-state index >= 15 is 0 Å². The summed E-state index contributed by atoms with van der Waals surface area (Å²) in [6.45, 7) is 9.65. The Morgan fingerprint density at radius 3 is 2.93 bits per heavy atom. The highest BCUT2D eigenvalue weighted by Gasteiger charge is 2.27. The molecular weight excluding hydrogens is 350 g/mol. The lowest BCUT2D eigenvalue weighted by atomic mass is 10.0. The number of nitrogens with one attached hydrogen (secondary N) is 2. The van der Waals surface area contributed by atoms with E-state index in [1.54, 1.807) is 6.20 Å². The van der Waals surface area contributed by atoms with Gasteiger partial charge in [0.2, 0.25) is 0 Å². The second kappa shape index (κ2) is 8.01. The number of hydrogen-bond acceptors (Lipinski definition) is 7. The zero-order chi connectivity index (χ0) is 19.7. The van der Waals surface area contributed by atoms with Gasteiger partial charge in [-0.1, -0.05) is 20.8 Å². The van der Waals surface area contributed by atoms with Crippen molar-refractivity contribution in [1.82, 2.24) is 25.5 Å². The maximum atomic E-state index is 4.87. The molecule has 7 heteroatoms. The first kappa shape index (κ1) is 19.1. The first-order valence-electron chi connectivity index (χ1n) is 10.4. The Kier molecular flexibility index (Phi) is 5.46. The van der Waals surface area contributed by atoms with E-state index in [0.29, 0.717) is 23.8 Å². The molecule has 7 nitrogen and oxygen atoms in total. The zero-order valence-electron chi connectivity index (χ0n) is 17.3. The minimum atomic E-state index is 0.371.